The molecule has 3 unspecified atom stereocenters. The van der Waals surface area contributed by atoms with Crippen molar-refractivity contribution in [3.8, 4) is 10.6 Å². The smallest absolute Gasteiger partial charge is 0.225 e. The van der Waals surface area contributed by atoms with Gasteiger partial charge in [0.25, 0.3) is 0 Å². The minimum atomic E-state index is 0.0723. The summed E-state index contributed by atoms with van der Waals surface area (Å²) in [7, 11) is 0. The minimum Gasteiger partial charge on any atom is -0.396 e. The maximum atomic E-state index is 9.58. The van der Waals surface area contributed by atoms with E-state index < -0.39 is 0 Å². The number of pyridine rings is 1. The SMILES string of the molecule is Cc1nc(NC(C)c2ccccc2)nc(NC2CCC(CO)C2)c1-c1nc2cnccc2s1. The molecule has 0 amide bonds. The molecule has 0 spiro atoms. The number of aryl methyl sites for hydroxylation is 1. The third-order valence-electron chi connectivity index (χ3n) is 6.28. The molecule has 5 rings (SSSR count). The predicted molar refractivity (Wildman–Crippen MR) is 133 cm³/mol. The van der Waals surface area contributed by atoms with Crippen LogP contribution in [0.5, 0.6) is 0 Å². The van der Waals surface area contributed by atoms with Gasteiger partial charge in [0, 0.05) is 18.8 Å². The second-order valence-corrected chi connectivity index (χ2v) is 9.73. The first-order valence-electron chi connectivity index (χ1n) is 11.4. The highest BCUT2D eigenvalue weighted by molar-refractivity contribution is 7.21. The topological polar surface area (TPSA) is 95.9 Å². The average molecular weight is 461 g/mol. The molecule has 4 aromatic rings. The molecule has 3 aromatic heterocycles. The minimum absolute atomic E-state index is 0.0723. The third-order valence-corrected chi connectivity index (χ3v) is 7.33. The van der Waals surface area contributed by atoms with Crippen molar-refractivity contribution in [3.63, 3.8) is 0 Å². The Bertz CT molecular complexity index is 1210. The highest BCUT2D eigenvalue weighted by atomic mass is 32.1. The summed E-state index contributed by atoms with van der Waals surface area (Å²) in [5.41, 5.74) is 3.86. The van der Waals surface area contributed by atoms with E-state index in [4.69, 9.17) is 15.0 Å². The Morgan fingerprint density at radius 3 is 2.73 bits per heavy atom. The molecule has 1 aliphatic carbocycles. The van der Waals surface area contributed by atoms with E-state index >= 15 is 0 Å². The molecule has 1 aromatic carbocycles. The van der Waals surface area contributed by atoms with Gasteiger partial charge in [0.1, 0.15) is 16.3 Å². The number of hydrogen-bond donors (Lipinski definition) is 3. The Hall–Kier alpha value is -3.10. The summed E-state index contributed by atoms with van der Waals surface area (Å²) in [6, 6.07) is 12.6. The standard InChI is InChI=1S/C25H28N6OS/c1-15(18-6-4-3-5-7-18)27-25-28-16(2)22(24-30-20-13-26-11-10-21(20)33-24)23(31-25)29-19-9-8-17(12-19)14-32/h3-7,10-11,13,15,17,19,32H,8-9,12,14H2,1-2H3,(H2,27,28,29,31). The molecular weight excluding hydrogens is 432 g/mol. The predicted octanol–water partition coefficient (Wildman–Crippen LogP) is 5.20. The quantitative estimate of drug-likeness (QED) is 0.349. The fourth-order valence-corrected chi connectivity index (χ4v) is 5.50. The number of hydrogen-bond acceptors (Lipinski definition) is 8. The number of nitrogens with zero attached hydrogens (tertiary/aromatic N) is 4. The van der Waals surface area contributed by atoms with Gasteiger partial charge in [-0.25, -0.2) is 9.97 Å². The molecular formula is C25H28N6OS. The molecule has 8 heteroatoms. The number of aromatic nitrogens is 4. The van der Waals surface area contributed by atoms with Crippen molar-refractivity contribution in [1.82, 2.24) is 19.9 Å². The normalized spacial score (nSPS) is 19.0. The molecule has 3 N–H and O–H groups in total. The van der Waals surface area contributed by atoms with Gasteiger partial charge < -0.3 is 15.7 Å². The third kappa shape index (κ3) is 4.67. The molecule has 170 valence electrons. The van der Waals surface area contributed by atoms with Crippen molar-refractivity contribution in [3.05, 3.63) is 60.0 Å². The van der Waals surface area contributed by atoms with Gasteiger partial charge in [0.15, 0.2) is 0 Å². The number of nitrogens with one attached hydrogen (secondary N) is 2. The van der Waals surface area contributed by atoms with Gasteiger partial charge in [-0.2, -0.15) is 4.98 Å². The van der Waals surface area contributed by atoms with Crippen LogP contribution >= 0.6 is 11.3 Å². The van der Waals surface area contributed by atoms with Crippen LogP contribution in [-0.4, -0.2) is 37.7 Å². The van der Waals surface area contributed by atoms with Crippen LogP contribution in [0.4, 0.5) is 11.8 Å². The number of rotatable bonds is 7. The first kappa shape index (κ1) is 21.7. The van der Waals surface area contributed by atoms with Crippen molar-refractivity contribution < 1.29 is 5.11 Å². The maximum Gasteiger partial charge on any atom is 0.225 e. The van der Waals surface area contributed by atoms with Crippen LogP contribution in [0.25, 0.3) is 20.8 Å². The number of anilines is 2. The zero-order valence-corrected chi connectivity index (χ0v) is 19.6. The average Bonchev–Trinajstić information content (AvgIpc) is 3.46. The second-order valence-electron chi connectivity index (χ2n) is 8.70. The van der Waals surface area contributed by atoms with Crippen LogP contribution in [0.2, 0.25) is 0 Å². The van der Waals surface area contributed by atoms with E-state index in [9.17, 15) is 5.11 Å². The van der Waals surface area contributed by atoms with Crippen molar-refractivity contribution in [1.29, 1.82) is 0 Å². The number of benzene rings is 1. The van der Waals surface area contributed by atoms with Gasteiger partial charge in [-0.15, -0.1) is 11.3 Å². The summed E-state index contributed by atoms with van der Waals surface area (Å²) < 4.78 is 1.09. The van der Waals surface area contributed by atoms with Gasteiger partial charge in [-0.3, -0.25) is 4.98 Å². The van der Waals surface area contributed by atoms with E-state index in [1.54, 1.807) is 23.7 Å². The maximum absolute atomic E-state index is 9.58. The van der Waals surface area contributed by atoms with Crippen LogP contribution < -0.4 is 10.6 Å². The summed E-state index contributed by atoms with van der Waals surface area (Å²) in [6.45, 7) is 4.36. The molecule has 0 aliphatic heterocycles. The molecule has 1 aliphatic rings. The Morgan fingerprint density at radius 2 is 1.97 bits per heavy atom. The summed E-state index contributed by atoms with van der Waals surface area (Å²) in [6.07, 6.45) is 6.56. The lowest BCUT2D eigenvalue weighted by atomic mass is 10.1. The molecule has 3 atom stereocenters. The molecule has 3 heterocycles. The van der Waals surface area contributed by atoms with Gasteiger partial charge in [0.05, 0.1) is 28.2 Å². The molecule has 33 heavy (non-hydrogen) atoms. The number of aliphatic hydroxyl groups is 1. The van der Waals surface area contributed by atoms with Gasteiger partial charge in [-0.05, 0) is 50.7 Å². The fraction of sp³-hybridized carbons (Fsp3) is 0.360. The van der Waals surface area contributed by atoms with E-state index in [1.165, 1.54) is 5.56 Å². The Kier molecular flexibility index (Phi) is 6.20. The van der Waals surface area contributed by atoms with Crippen LogP contribution in [0.3, 0.4) is 0 Å². The molecule has 0 saturated heterocycles. The van der Waals surface area contributed by atoms with E-state index in [-0.39, 0.29) is 18.7 Å². The lowest BCUT2D eigenvalue weighted by Crippen LogP contribution is -2.19. The Balaban J connectivity index is 1.51. The van der Waals surface area contributed by atoms with Crippen molar-refractivity contribution in [2.45, 2.75) is 45.2 Å². The fourth-order valence-electron chi connectivity index (χ4n) is 4.47. The molecule has 7 nitrogen and oxygen atoms in total. The van der Waals surface area contributed by atoms with Crippen molar-refractivity contribution in [2.24, 2.45) is 5.92 Å². The summed E-state index contributed by atoms with van der Waals surface area (Å²) in [5.74, 6) is 1.73. The van der Waals surface area contributed by atoms with Gasteiger partial charge >= 0.3 is 0 Å². The highest BCUT2D eigenvalue weighted by Gasteiger charge is 2.27. The second kappa shape index (κ2) is 9.41. The van der Waals surface area contributed by atoms with Crippen molar-refractivity contribution >= 4 is 33.3 Å². The first-order chi connectivity index (χ1) is 16.1. The molecule has 0 radical (unpaired) electrons. The largest absolute Gasteiger partial charge is 0.396 e. The van der Waals surface area contributed by atoms with Crippen LogP contribution in [-0.2, 0) is 0 Å². The number of aliphatic hydroxyl groups excluding tert-OH is 1. The number of fused-ring (bicyclic) bond motifs is 1. The number of thiazole rings is 1. The van der Waals surface area contributed by atoms with Crippen LogP contribution in [0, 0.1) is 12.8 Å². The lowest BCUT2D eigenvalue weighted by molar-refractivity contribution is 0.229. The summed E-state index contributed by atoms with van der Waals surface area (Å²) in [4.78, 5) is 18.7. The first-order valence-corrected chi connectivity index (χ1v) is 12.2. The molecule has 1 fully saturated rings. The van der Waals surface area contributed by atoms with E-state index in [0.29, 0.717) is 11.9 Å². The summed E-state index contributed by atoms with van der Waals surface area (Å²) in [5, 5.41) is 17.6. The van der Waals surface area contributed by atoms with Crippen LogP contribution in [0.1, 0.15) is 43.5 Å². The Morgan fingerprint density at radius 1 is 1.12 bits per heavy atom. The van der Waals surface area contributed by atoms with Gasteiger partial charge in [-0.1, -0.05) is 30.3 Å². The monoisotopic (exact) mass is 460 g/mol. The van der Waals surface area contributed by atoms with E-state index in [2.05, 4.69) is 34.7 Å². The van der Waals surface area contributed by atoms with Crippen LogP contribution in [0.15, 0.2) is 48.8 Å². The summed E-state index contributed by atoms with van der Waals surface area (Å²) >= 11 is 1.63. The zero-order chi connectivity index (χ0) is 22.8. The molecule has 0 bridgehead atoms. The van der Waals surface area contributed by atoms with E-state index in [0.717, 1.165) is 51.6 Å². The van der Waals surface area contributed by atoms with E-state index in [1.807, 2.05) is 31.2 Å². The van der Waals surface area contributed by atoms with Crippen molar-refractivity contribution in [2.75, 3.05) is 17.2 Å². The Labute approximate surface area is 197 Å². The van der Waals surface area contributed by atoms with Gasteiger partial charge in [0.2, 0.25) is 5.95 Å². The highest BCUT2D eigenvalue weighted by Crippen LogP contribution is 2.38. The lowest BCUT2D eigenvalue weighted by Gasteiger charge is -2.20. The molecule has 1 saturated carbocycles. The zero-order valence-electron chi connectivity index (χ0n) is 18.8.